The molecule has 182 valence electrons. The third-order valence-corrected chi connectivity index (χ3v) is 6.46. The van der Waals surface area contributed by atoms with Crippen molar-refractivity contribution < 1.29 is 14.3 Å². The molecule has 0 radical (unpaired) electrons. The molecule has 1 fully saturated rings. The maximum absolute atomic E-state index is 13.1. The second kappa shape index (κ2) is 9.32. The Morgan fingerprint density at radius 3 is 2.38 bits per heavy atom. The molecule has 0 atom stereocenters. The van der Waals surface area contributed by atoms with E-state index in [1.807, 2.05) is 75.1 Å². The normalized spacial score (nSPS) is 16.4. The van der Waals surface area contributed by atoms with Crippen molar-refractivity contribution in [2.75, 3.05) is 0 Å². The smallest absolute Gasteiger partial charge is 0.410 e. The molecule has 6 heteroatoms. The van der Waals surface area contributed by atoms with E-state index in [0.717, 1.165) is 59.6 Å². The van der Waals surface area contributed by atoms with Crippen LogP contribution in [0.25, 0.3) is 11.0 Å². The van der Waals surface area contributed by atoms with Crippen LogP contribution >= 0.6 is 0 Å². The summed E-state index contributed by atoms with van der Waals surface area (Å²) in [7, 11) is 0. The number of amides is 1. The summed E-state index contributed by atoms with van der Waals surface area (Å²) in [6.07, 6.45) is 4.00. The molecule has 1 aromatic heterocycles. The topological polar surface area (TPSA) is 67.4 Å². The Labute approximate surface area is 202 Å². The predicted molar refractivity (Wildman–Crippen MR) is 135 cm³/mol. The predicted octanol–water partition coefficient (Wildman–Crippen LogP) is 7.37. The van der Waals surface area contributed by atoms with Gasteiger partial charge in [0.15, 0.2) is 0 Å². The minimum Gasteiger partial charge on any atom is -0.457 e. The van der Waals surface area contributed by atoms with Crippen LogP contribution in [0.1, 0.15) is 71.7 Å². The number of hydrogen-bond acceptors (Lipinski definition) is 4. The number of carbonyl (C=O) groups excluding carboxylic acids is 1. The number of hydrogen-bond donors (Lipinski definition) is 1. The summed E-state index contributed by atoms with van der Waals surface area (Å²) < 4.78 is 11.8. The van der Waals surface area contributed by atoms with E-state index in [-0.39, 0.29) is 12.1 Å². The third-order valence-electron chi connectivity index (χ3n) is 6.46. The van der Waals surface area contributed by atoms with Crippen molar-refractivity contribution in [3.05, 3.63) is 53.9 Å². The van der Waals surface area contributed by atoms with E-state index in [9.17, 15) is 4.79 Å². The fourth-order valence-electron chi connectivity index (χ4n) is 4.53. The number of nitrogens with one attached hydrogen (secondary N) is 1. The third kappa shape index (κ3) is 6.10. The Bertz CT molecular complexity index is 1130. The maximum atomic E-state index is 13.1. The summed E-state index contributed by atoms with van der Waals surface area (Å²) in [6.45, 7) is 12.8. The van der Waals surface area contributed by atoms with Crippen LogP contribution in [-0.2, 0) is 11.3 Å². The van der Waals surface area contributed by atoms with Crippen LogP contribution in [0.4, 0.5) is 4.79 Å². The molecule has 2 aromatic carbocycles. The zero-order valence-electron chi connectivity index (χ0n) is 21.3. The average Bonchev–Trinajstić information content (AvgIpc) is 3.11. The van der Waals surface area contributed by atoms with E-state index < -0.39 is 5.60 Å². The highest BCUT2D eigenvalue weighted by Gasteiger charge is 2.34. The Kier molecular flexibility index (Phi) is 6.61. The number of fused-ring (bicyclic) bond motifs is 1. The van der Waals surface area contributed by atoms with Gasteiger partial charge in [-0.1, -0.05) is 26.0 Å². The van der Waals surface area contributed by atoms with Crippen molar-refractivity contribution in [2.24, 2.45) is 5.41 Å². The van der Waals surface area contributed by atoms with E-state index >= 15 is 0 Å². The van der Waals surface area contributed by atoms with Crippen molar-refractivity contribution in [2.45, 2.75) is 85.4 Å². The van der Waals surface area contributed by atoms with Gasteiger partial charge >= 0.3 is 6.09 Å². The van der Waals surface area contributed by atoms with Gasteiger partial charge < -0.3 is 19.4 Å². The van der Waals surface area contributed by atoms with Gasteiger partial charge in [0.1, 0.15) is 22.9 Å². The van der Waals surface area contributed by atoms with Crippen LogP contribution in [0.2, 0.25) is 0 Å². The zero-order valence-corrected chi connectivity index (χ0v) is 21.3. The fraction of sp³-hybridized carbons (Fsp3) is 0.500. The lowest BCUT2D eigenvalue weighted by molar-refractivity contribution is 0.00491. The molecule has 6 nitrogen and oxygen atoms in total. The zero-order chi connectivity index (χ0) is 24.5. The van der Waals surface area contributed by atoms with Crippen molar-refractivity contribution in [3.63, 3.8) is 0 Å². The molecule has 1 heterocycles. The van der Waals surface area contributed by atoms with Crippen molar-refractivity contribution in [1.29, 1.82) is 0 Å². The molecule has 0 unspecified atom stereocenters. The summed E-state index contributed by atoms with van der Waals surface area (Å²) in [5.41, 5.74) is 2.76. The maximum Gasteiger partial charge on any atom is 0.410 e. The number of rotatable bonds is 5. The molecule has 1 aliphatic carbocycles. The number of imidazole rings is 1. The van der Waals surface area contributed by atoms with Crippen LogP contribution in [0.5, 0.6) is 11.5 Å². The first-order chi connectivity index (χ1) is 16.0. The minimum atomic E-state index is -0.519. The number of ether oxygens (including phenoxy) is 2. The quantitative estimate of drug-likeness (QED) is 0.429. The molecule has 4 rings (SSSR count). The number of benzene rings is 2. The summed E-state index contributed by atoms with van der Waals surface area (Å²) in [6, 6.07) is 14.0. The second-order valence-electron chi connectivity index (χ2n) is 11.3. The standard InChI is InChI=1S/C28H37N3O3/c1-19-29-24-12-11-23(17-25(24)30-19)33-22-9-7-20(8-10-22)18-31(26(32)34-27(2,3)4)21-13-15-28(5,6)16-14-21/h7-12,17,21H,13-16,18H2,1-6H3,(H,29,30). The molecule has 34 heavy (non-hydrogen) atoms. The molecule has 1 aliphatic rings. The van der Waals surface area contributed by atoms with Crippen molar-refractivity contribution >= 4 is 17.1 Å². The van der Waals surface area contributed by atoms with Crippen LogP contribution < -0.4 is 4.74 Å². The van der Waals surface area contributed by atoms with E-state index in [4.69, 9.17) is 9.47 Å². The Morgan fingerprint density at radius 1 is 1.09 bits per heavy atom. The van der Waals surface area contributed by atoms with E-state index in [1.165, 1.54) is 0 Å². The summed E-state index contributed by atoms with van der Waals surface area (Å²) >= 11 is 0. The van der Waals surface area contributed by atoms with Gasteiger partial charge in [-0.2, -0.15) is 0 Å². The van der Waals surface area contributed by atoms with Crippen molar-refractivity contribution in [1.82, 2.24) is 14.9 Å². The first-order valence-corrected chi connectivity index (χ1v) is 12.2. The minimum absolute atomic E-state index is 0.197. The number of aryl methyl sites for hydroxylation is 1. The first-order valence-electron chi connectivity index (χ1n) is 12.2. The highest BCUT2D eigenvalue weighted by Crippen LogP contribution is 2.38. The summed E-state index contributed by atoms with van der Waals surface area (Å²) in [5.74, 6) is 2.37. The highest BCUT2D eigenvalue weighted by molar-refractivity contribution is 5.76. The van der Waals surface area contributed by atoms with Crippen molar-refractivity contribution in [3.8, 4) is 11.5 Å². The Hall–Kier alpha value is -3.02. The SMILES string of the molecule is Cc1nc2cc(Oc3ccc(CN(C(=O)OC(C)(C)C)C4CCC(C)(C)CC4)cc3)ccc2[nH]1. The Morgan fingerprint density at radius 2 is 1.74 bits per heavy atom. The van der Waals surface area contributed by atoms with E-state index in [2.05, 4.69) is 23.8 Å². The number of nitrogens with zero attached hydrogens (tertiary/aromatic N) is 2. The average molecular weight is 464 g/mol. The largest absolute Gasteiger partial charge is 0.457 e. The molecule has 1 saturated carbocycles. The van der Waals surface area contributed by atoms with Gasteiger partial charge in [0.2, 0.25) is 0 Å². The van der Waals surface area contributed by atoms with E-state index in [1.54, 1.807) is 0 Å². The van der Waals surface area contributed by atoms with Gasteiger partial charge in [0.05, 0.1) is 11.0 Å². The first kappa shape index (κ1) is 24.1. The lowest BCUT2D eigenvalue weighted by Crippen LogP contribution is -2.45. The highest BCUT2D eigenvalue weighted by atomic mass is 16.6. The molecule has 1 amide bonds. The van der Waals surface area contributed by atoms with Gasteiger partial charge in [-0.3, -0.25) is 0 Å². The number of aromatic amines is 1. The van der Waals surface area contributed by atoms with Crippen LogP contribution in [-0.4, -0.2) is 32.6 Å². The molecule has 3 aromatic rings. The Balaban J connectivity index is 1.46. The lowest BCUT2D eigenvalue weighted by atomic mass is 9.75. The lowest BCUT2D eigenvalue weighted by Gasteiger charge is -2.40. The van der Waals surface area contributed by atoms with Gasteiger partial charge in [-0.25, -0.2) is 9.78 Å². The number of aromatic nitrogens is 2. The monoisotopic (exact) mass is 463 g/mol. The van der Waals surface area contributed by atoms with Gasteiger partial charge in [-0.05, 0) is 88.6 Å². The summed E-state index contributed by atoms with van der Waals surface area (Å²) in [4.78, 5) is 22.7. The van der Waals surface area contributed by atoms with E-state index in [0.29, 0.717) is 12.0 Å². The number of H-pyrrole nitrogens is 1. The molecular formula is C28H37N3O3. The molecule has 0 spiro atoms. The molecule has 0 bridgehead atoms. The molecule has 0 aliphatic heterocycles. The molecular weight excluding hydrogens is 426 g/mol. The summed E-state index contributed by atoms with van der Waals surface area (Å²) in [5, 5.41) is 0. The second-order valence-corrected chi connectivity index (χ2v) is 11.3. The molecule has 1 N–H and O–H groups in total. The molecule has 0 saturated heterocycles. The van der Waals surface area contributed by atoms with Crippen LogP contribution in [0.3, 0.4) is 0 Å². The van der Waals surface area contributed by atoms with Crippen LogP contribution in [0, 0.1) is 12.3 Å². The van der Waals surface area contributed by atoms with Gasteiger partial charge in [-0.15, -0.1) is 0 Å². The fourth-order valence-corrected chi connectivity index (χ4v) is 4.53. The van der Waals surface area contributed by atoms with Crippen LogP contribution in [0.15, 0.2) is 42.5 Å². The number of carbonyl (C=O) groups is 1. The van der Waals surface area contributed by atoms with Gasteiger partial charge in [0.25, 0.3) is 0 Å². The van der Waals surface area contributed by atoms with Gasteiger partial charge in [0, 0.05) is 18.7 Å².